The number of hydrogen-bond acceptors (Lipinski definition) is 3. The molecule has 6 nitrogen and oxygen atoms in total. The van der Waals surface area contributed by atoms with E-state index in [-0.39, 0.29) is 22.5 Å². The predicted octanol–water partition coefficient (Wildman–Crippen LogP) is 5.67. The number of aromatic amines is 1. The Hall–Kier alpha value is -3.33. The van der Waals surface area contributed by atoms with Crippen LogP contribution in [0.2, 0.25) is 5.02 Å². The van der Waals surface area contributed by atoms with Crippen LogP contribution in [0.1, 0.15) is 24.4 Å². The minimum atomic E-state index is -4.58. The summed E-state index contributed by atoms with van der Waals surface area (Å²) in [6, 6.07) is 10.6. The van der Waals surface area contributed by atoms with E-state index >= 15 is 0 Å². The van der Waals surface area contributed by atoms with Gasteiger partial charge in [0.1, 0.15) is 0 Å². The number of aromatic nitrogens is 4. The Bertz CT molecular complexity index is 1390. The van der Waals surface area contributed by atoms with Gasteiger partial charge in [-0.25, -0.2) is 4.98 Å². The molecule has 1 saturated heterocycles. The fraction of sp³-hybridized carbons (Fsp3) is 0.261. The highest BCUT2D eigenvalue weighted by molar-refractivity contribution is 6.32. The van der Waals surface area contributed by atoms with Crippen molar-refractivity contribution in [1.29, 1.82) is 0 Å². The Morgan fingerprint density at radius 3 is 2.61 bits per heavy atom. The normalized spacial score (nSPS) is 21.0. The van der Waals surface area contributed by atoms with E-state index in [9.17, 15) is 18.0 Å². The zero-order valence-corrected chi connectivity index (χ0v) is 17.8. The van der Waals surface area contributed by atoms with E-state index in [0.717, 1.165) is 47.5 Å². The third kappa shape index (κ3) is 3.30. The van der Waals surface area contributed by atoms with Gasteiger partial charge in [-0.05, 0) is 54.2 Å². The summed E-state index contributed by atoms with van der Waals surface area (Å²) in [5, 5.41) is 3.80. The number of β-lactam (4-membered cyclic amide) rings is 1. The molecule has 2 atom stereocenters. The van der Waals surface area contributed by atoms with Crippen LogP contribution in [-0.4, -0.2) is 25.7 Å². The zero-order valence-electron chi connectivity index (χ0n) is 17.1. The Labute approximate surface area is 191 Å². The topological polar surface area (TPSA) is 66.8 Å². The summed E-state index contributed by atoms with van der Waals surface area (Å²) in [7, 11) is 0. The lowest BCUT2D eigenvalue weighted by atomic mass is 9.78. The van der Waals surface area contributed by atoms with Crippen molar-refractivity contribution in [3.8, 4) is 11.1 Å². The summed E-state index contributed by atoms with van der Waals surface area (Å²) in [6.07, 6.45) is 1.12. The average molecular weight is 472 g/mol. The molecule has 10 heteroatoms. The molecule has 2 aliphatic rings. The summed E-state index contributed by atoms with van der Waals surface area (Å²) < 4.78 is 38.6. The van der Waals surface area contributed by atoms with Gasteiger partial charge < -0.3 is 9.88 Å². The number of imidazole rings is 1. The molecule has 4 aromatic rings. The Kier molecular flexibility index (Phi) is 4.35. The molecule has 2 fully saturated rings. The second-order valence-electron chi connectivity index (χ2n) is 8.50. The molecule has 6 rings (SSSR count). The maximum atomic E-state index is 13.1. The van der Waals surface area contributed by atoms with E-state index < -0.39 is 6.30 Å². The number of H-pyrrole nitrogens is 1. The standard InChI is InChI=1S/C23H17ClF3N5O/c24-17-7-13(14-9-30-31(10-14)23(25,26)27)3-5-16(17)21-20(12-1-2-12)22(33)32(21)15-4-6-18-19(8-15)29-11-28-18/h3-12,20-21H,1-2H2,(H,28,29). The largest absolute Gasteiger partial charge is 0.504 e. The van der Waals surface area contributed by atoms with Crippen LogP contribution in [0.15, 0.2) is 55.1 Å². The first-order valence-electron chi connectivity index (χ1n) is 10.5. The highest BCUT2D eigenvalue weighted by atomic mass is 35.5. The van der Waals surface area contributed by atoms with E-state index in [0.29, 0.717) is 22.1 Å². The minimum absolute atomic E-state index is 0.0365. The molecule has 1 aliphatic heterocycles. The number of halogens is 4. The lowest BCUT2D eigenvalue weighted by molar-refractivity contribution is -0.212. The van der Waals surface area contributed by atoms with Crippen molar-refractivity contribution in [3.05, 3.63) is 65.7 Å². The lowest BCUT2D eigenvalue weighted by Gasteiger charge is -2.48. The van der Waals surface area contributed by atoms with Crippen molar-refractivity contribution in [2.75, 3.05) is 4.90 Å². The first-order valence-corrected chi connectivity index (χ1v) is 10.9. The van der Waals surface area contributed by atoms with Gasteiger partial charge in [0.25, 0.3) is 0 Å². The number of carbonyl (C=O) groups is 1. The number of rotatable bonds is 4. The predicted molar refractivity (Wildman–Crippen MR) is 117 cm³/mol. The number of amides is 1. The summed E-state index contributed by atoms with van der Waals surface area (Å²) in [6.45, 7) is 0. The van der Waals surface area contributed by atoms with Gasteiger partial charge in [-0.1, -0.05) is 23.7 Å². The fourth-order valence-corrected chi connectivity index (χ4v) is 4.97. The number of nitrogens with one attached hydrogen (secondary N) is 1. The van der Waals surface area contributed by atoms with E-state index in [4.69, 9.17) is 11.6 Å². The molecule has 0 spiro atoms. The monoisotopic (exact) mass is 471 g/mol. The van der Waals surface area contributed by atoms with Gasteiger partial charge in [-0.2, -0.15) is 9.78 Å². The van der Waals surface area contributed by atoms with Gasteiger partial charge in [0.05, 0.1) is 35.5 Å². The number of hydrogen-bond donors (Lipinski definition) is 1. The number of anilines is 1. The second kappa shape index (κ2) is 7.08. The molecule has 168 valence electrons. The van der Waals surface area contributed by atoms with Crippen LogP contribution < -0.4 is 4.90 Å². The Morgan fingerprint density at radius 2 is 1.91 bits per heavy atom. The van der Waals surface area contributed by atoms with E-state index in [1.54, 1.807) is 29.4 Å². The molecule has 1 aliphatic carbocycles. The number of fused-ring (bicyclic) bond motifs is 1. The molecule has 33 heavy (non-hydrogen) atoms. The quantitative estimate of drug-likeness (QED) is 0.390. The van der Waals surface area contributed by atoms with Gasteiger partial charge in [0.2, 0.25) is 5.91 Å². The van der Waals surface area contributed by atoms with Crippen molar-refractivity contribution in [3.63, 3.8) is 0 Å². The maximum Gasteiger partial charge on any atom is 0.504 e. The molecule has 0 radical (unpaired) electrons. The van der Waals surface area contributed by atoms with Crippen molar-refractivity contribution >= 4 is 34.2 Å². The number of nitrogens with zero attached hydrogens (tertiary/aromatic N) is 4. The summed E-state index contributed by atoms with van der Waals surface area (Å²) in [5.41, 5.74) is 4.01. The van der Waals surface area contributed by atoms with Crippen molar-refractivity contribution < 1.29 is 18.0 Å². The van der Waals surface area contributed by atoms with E-state index in [2.05, 4.69) is 15.1 Å². The number of alkyl halides is 3. The van der Waals surface area contributed by atoms with Gasteiger partial charge in [-0.15, -0.1) is 13.2 Å². The molecular weight excluding hydrogens is 455 g/mol. The van der Waals surface area contributed by atoms with Crippen LogP contribution in [0.3, 0.4) is 0 Å². The Morgan fingerprint density at radius 1 is 1.09 bits per heavy atom. The minimum Gasteiger partial charge on any atom is -0.345 e. The summed E-state index contributed by atoms with van der Waals surface area (Å²) >= 11 is 6.65. The van der Waals surface area contributed by atoms with E-state index in [1.165, 1.54) is 0 Å². The van der Waals surface area contributed by atoms with Crippen molar-refractivity contribution in [2.45, 2.75) is 25.2 Å². The van der Waals surface area contributed by atoms with Crippen LogP contribution in [-0.2, 0) is 11.1 Å². The molecule has 3 heterocycles. The Balaban J connectivity index is 1.37. The fourth-order valence-electron chi connectivity index (χ4n) is 4.68. The van der Waals surface area contributed by atoms with Crippen molar-refractivity contribution in [1.82, 2.24) is 19.7 Å². The van der Waals surface area contributed by atoms with Crippen molar-refractivity contribution in [2.24, 2.45) is 11.8 Å². The van der Waals surface area contributed by atoms with Gasteiger partial charge in [0.15, 0.2) is 0 Å². The molecule has 1 saturated carbocycles. The average Bonchev–Trinajstić information content (AvgIpc) is 3.25. The van der Waals surface area contributed by atoms with Crippen LogP contribution in [0, 0.1) is 11.8 Å². The molecule has 2 aromatic carbocycles. The number of carbonyl (C=O) groups excluding carboxylic acids is 1. The molecule has 2 unspecified atom stereocenters. The maximum absolute atomic E-state index is 13.1. The summed E-state index contributed by atoms with van der Waals surface area (Å²) in [4.78, 5) is 22.2. The van der Waals surface area contributed by atoms with E-state index in [1.807, 2.05) is 18.2 Å². The third-order valence-electron chi connectivity index (χ3n) is 6.45. The number of benzene rings is 2. The van der Waals surface area contributed by atoms with Crippen LogP contribution in [0.5, 0.6) is 0 Å². The van der Waals surface area contributed by atoms with Crippen LogP contribution >= 0.6 is 11.6 Å². The summed E-state index contributed by atoms with van der Waals surface area (Å²) in [5.74, 6) is 0.238. The highest BCUT2D eigenvalue weighted by Gasteiger charge is 2.55. The van der Waals surface area contributed by atoms with Crippen LogP contribution in [0.25, 0.3) is 22.2 Å². The lowest BCUT2D eigenvalue weighted by Crippen LogP contribution is -2.56. The second-order valence-corrected chi connectivity index (χ2v) is 8.91. The van der Waals surface area contributed by atoms with Gasteiger partial charge in [-0.3, -0.25) is 4.79 Å². The molecule has 1 N–H and O–H groups in total. The molecule has 1 amide bonds. The first kappa shape index (κ1) is 20.3. The third-order valence-corrected chi connectivity index (χ3v) is 6.77. The molecular formula is C23H17ClF3N5O. The van der Waals surface area contributed by atoms with Gasteiger partial charge >= 0.3 is 6.30 Å². The van der Waals surface area contributed by atoms with Gasteiger partial charge in [0, 0.05) is 22.5 Å². The molecule has 2 aromatic heterocycles. The zero-order chi connectivity index (χ0) is 22.9. The SMILES string of the molecule is O=C1C(C2CC2)C(c2ccc(-c3cnn(C(F)(F)F)c3)cc2Cl)N1c1ccc2nc[nH]c2c1. The highest BCUT2D eigenvalue weighted by Crippen LogP contribution is 2.55. The van der Waals surface area contributed by atoms with Crippen LogP contribution in [0.4, 0.5) is 18.9 Å². The molecule has 0 bridgehead atoms. The first-order chi connectivity index (χ1) is 15.8. The smallest absolute Gasteiger partial charge is 0.345 e.